The fourth-order valence-corrected chi connectivity index (χ4v) is 3.92. The second kappa shape index (κ2) is 6.58. The van der Waals surface area contributed by atoms with Crippen LogP contribution in [0.25, 0.3) is 0 Å². The van der Waals surface area contributed by atoms with Crippen molar-refractivity contribution in [2.75, 3.05) is 13.1 Å². The van der Waals surface area contributed by atoms with E-state index in [-0.39, 0.29) is 5.60 Å². The van der Waals surface area contributed by atoms with E-state index in [0.29, 0.717) is 6.10 Å². The van der Waals surface area contributed by atoms with Crippen molar-refractivity contribution < 1.29 is 4.74 Å². The Morgan fingerprint density at radius 2 is 1.53 bits per heavy atom. The van der Waals surface area contributed by atoms with Gasteiger partial charge in [0.1, 0.15) is 0 Å². The van der Waals surface area contributed by atoms with Gasteiger partial charge in [0.2, 0.25) is 0 Å². The van der Waals surface area contributed by atoms with E-state index < -0.39 is 0 Å². The van der Waals surface area contributed by atoms with Gasteiger partial charge in [0.05, 0.1) is 11.7 Å². The largest absolute Gasteiger partial charge is 0.372 e. The molecule has 1 aliphatic heterocycles. The van der Waals surface area contributed by atoms with Crippen molar-refractivity contribution in [2.24, 2.45) is 17.8 Å². The van der Waals surface area contributed by atoms with E-state index in [2.05, 4.69) is 33.0 Å². The predicted octanol–water partition coefficient (Wildman–Crippen LogP) is 4.00. The molecular weight excluding hydrogens is 234 g/mol. The van der Waals surface area contributed by atoms with E-state index in [0.717, 1.165) is 30.8 Å². The lowest BCUT2D eigenvalue weighted by atomic mass is 9.79. The Bertz CT molecular complexity index is 260. The molecule has 1 N–H and O–H groups in total. The summed E-state index contributed by atoms with van der Waals surface area (Å²) in [5.41, 5.74) is 0.0669. The summed E-state index contributed by atoms with van der Waals surface area (Å²) in [6.45, 7) is 11.7. The van der Waals surface area contributed by atoms with Crippen molar-refractivity contribution in [1.29, 1.82) is 0 Å². The molecule has 2 aliphatic rings. The van der Waals surface area contributed by atoms with Crippen LogP contribution in [0.2, 0.25) is 0 Å². The molecule has 0 aromatic heterocycles. The molecule has 2 nitrogen and oxygen atoms in total. The minimum Gasteiger partial charge on any atom is -0.372 e. The third-order valence-electron chi connectivity index (χ3n) is 5.45. The lowest BCUT2D eigenvalue weighted by molar-refractivity contribution is -0.125. The summed E-state index contributed by atoms with van der Waals surface area (Å²) in [5, 5.41) is 3.45. The third-order valence-corrected chi connectivity index (χ3v) is 5.45. The van der Waals surface area contributed by atoms with E-state index in [4.69, 9.17) is 4.74 Å². The van der Waals surface area contributed by atoms with Crippen molar-refractivity contribution in [3.8, 4) is 0 Å². The first-order valence-corrected chi connectivity index (χ1v) is 8.37. The smallest absolute Gasteiger partial charge is 0.0659 e. The van der Waals surface area contributed by atoms with Crippen LogP contribution in [0.15, 0.2) is 0 Å². The van der Waals surface area contributed by atoms with Gasteiger partial charge in [0.15, 0.2) is 0 Å². The molecule has 2 heteroatoms. The molecule has 1 heterocycles. The lowest BCUT2D eigenvalue weighted by Gasteiger charge is -2.42. The minimum atomic E-state index is 0.0669. The van der Waals surface area contributed by atoms with E-state index >= 15 is 0 Å². The SMILES string of the molecule is CC(C)C1CCC(OC(C)(C)C2CCNCC2)CC1. The van der Waals surface area contributed by atoms with Gasteiger partial charge in [-0.3, -0.25) is 0 Å². The Kier molecular flexibility index (Phi) is 5.30. The quantitative estimate of drug-likeness (QED) is 0.831. The molecule has 112 valence electrons. The highest BCUT2D eigenvalue weighted by Gasteiger charge is 2.35. The van der Waals surface area contributed by atoms with E-state index in [1.54, 1.807) is 0 Å². The molecule has 2 rings (SSSR count). The van der Waals surface area contributed by atoms with Crippen LogP contribution in [-0.4, -0.2) is 24.8 Å². The summed E-state index contributed by atoms with van der Waals surface area (Å²) in [7, 11) is 0. The zero-order chi connectivity index (χ0) is 13.9. The average Bonchev–Trinajstić information content (AvgIpc) is 2.40. The molecule has 0 aromatic carbocycles. The maximum atomic E-state index is 6.52. The summed E-state index contributed by atoms with van der Waals surface area (Å²) in [4.78, 5) is 0. The summed E-state index contributed by atoms with van der Waals surface area (Å²) in [5.74, 6) is 2.51. The number of nitrogens with one attached hydrogen (secondary N) is 1. The van der Waals surface area contributed by atoms with Crippen LogP contribution in [0, 0.1) is 17.8 Å². The van der Waals surface area contributed by atoms with Crippen LogP contribution in [0.5, 0.6) is 0 Å². The van der Waals surface area contributed by atoms with Gasteiger partial charge in [-0.15, -0.1) is 0 Å². The lowest BCUT2D eigenvalue weighted by Crippen LogP contribution is -2.44. The van der Waals surface area contributed by atoms with Crippen LogP contribution in [-0.2, 0) is 4.74 Å². The van der Waals surface area contributed by atoms with Gasteiger partial charge in [-0.05, 0) is 83.2 Å². The fourth-order valence-electron chi connectivity index (χ4n) is 3.92. The number of hydrogen-bond donors (Lipinski definition) is 1. The number of hydrogen-bond acceptors (Lipinski definition) is 2. The second-order valence-corrected chi connectivity index (χ2v) is 7.53. The highest BCUT2D eigenvalue weighted by Crippen LogP contribution is 2.36. The van der Waals surface area contributed by atoms with Gasteiger partial charge in [-0.1, -0.05) is 13.8 Å². The average molecular weight is 267 g/mol. The van der Waals surface area contributed by atoms with E-state index in [1.165, 1.54) is 38.5 Å². The molecule has 0 atom stereocenters. The van der Waals surface area contributed by atoms with Gasteiger partial charge in [0.25, 0.3) is 0 Å². The van der Waals surface area contributed by atoms with Crippen LogP contribution in [0.1, 0.15) is 66.2 Å². The van der Waals surface area contributed by atoms with Gasteiger partial charge in [-0.25, -0.2) is 0 Å². The fraction of sp³-hybridized carbons (Fsp3) is 1.00. The molecule has 1 saturated carbocycles. The number of piperidine rings is 1. The monoisotopic (exact) mass is 267 g/mol. The molecule has 1 aliphatic carbocycles. The normalized spacial score (nSPS) is 30.8. The third kappa shape index (κ3) is 4.19. The first kappa shape index (κ1) is 15.3. The van der Waals surface area contributed by atoms with E-state index in [9.17, 15) is 0 Å². The van der Waals surface area contributed by atoms with Crippen molar-refractivity contribution in [2.45, 2.75) is 77.9 Å². The summed E-state index contributed by atoms with van der Waals surface area (Å²) in [6, 6.07) is 0. The van der Waals surface area contributed by atoms with Crippen molar-refractivity contribution in [3.05, 3.63) is 0 Å². The van der Waals surface area contributed by atoms with E-state index in [1.807, 2.05) is 0 Å². The molecule has 0 bridgehead atoms. The highest BCUT2D eigenvalue weighted by atomic mass is 16.5. The molecule has 0 amide bonds. The molecule has 0 radical (unpaired) electrons. The molecule has 19 heavy (non-hydrogen) atoms. The zero-order valence-corrected chi connectivity index (χ0v) is 13.4. The van der Waals surface area contributed by atoms with Crippen LogP contribution >= 0.6 is 0 Å². The summed E-state index contributed by atoms with van der Waals surface area (Å²) in [6.07, 6.45) is 8.34. The minimum absolute atomic E-state index is 0.0669. The Balaban J connectivity index is 1.80. The first-order valence-electron chi connectivity index (χ1n) is 8.37. The Labute approximate surface area is 119 Å². The Morgan fingerprint density at radius 3 is 2.05 bits per heavy atom. The maximum absolute atomic E-state index is 6.52. The Hall–Kier alpha value is -0.0800. The standard InChI is InChI=1S/C17H33NO/c1-13(2)14-5-7-16(8-6-14)19-17(3,4)15-9-11-18-12-10-15/h13-16,18H,5-12H2,1-4H3. The van der Waals surface area contributed by atoms with Crippen LogP contribution < -0.4 is 5.32 Å². The van der Waals surface area contributed by atoms with Crippen molar-refractivity contribution in [3.63, 3.8) is 0 Å². The molecule has 2 fully saturated rings. The molecular formula is C17H33NO. The molecule has 1 saturated heterocycles. The number of rotatable bonds is 4. The van der Waals surface area contributed by atoms with Gasteiger partial charge < -0.3 is 10.1 Å². The van der Waals surface area contributed by atoms with Gasteiger partial charge in [-0.2, -0.15) is 0 Å². The first-order chi connectivity index (χ1) is 8.99. The van der Waals surface area contributed by atoms with Gasteiger partial charge >= 0.3 is 0 Å². The molecule has 0 aromatic rings. The maximum Gasteiger partial charge on any atom is 0.0659 e. The number of ether oxygens (including phenoxy) is 1. The second-order valence-electron chi connectivity index (χ2n) is 7.53. The van der Waals surface area contributed by atoms with Crippen molar-refractivity contribution in [1.82, 2.24) is 5.32 Å². The summed E-state index contributed by atoms with van der Waals surface area (Å²) < 4.78 is 6.52. The molecule has 0 spiro atoms. The zero-order valence-electron chi connectivity index (χ0n) is 13.4. The Morgan fingerprint density at radius 1 is 0.947 bits per heavy atom. The van der Waals surface area contributed by atoms with Gasteiger partial charge in [0, 0.05) is 0 Å². The van der Waals surface area contributed by atoms with Crippen LogP contribution in [0.3, 0.4) is 0 Å². The highest BCUT2D eigenvalue weighted by molar-refractivity contribution is 4.86. The predicted molar refractivity (Wildman–Crippen MR) is 81.3 cm³/mol. The topological polar surface area (TPSA) is 21.3 Å². The summed E-state index contributed by atoms with van der Waals surface area (Å²) >= 11 is 0. The van der Waals surface area contributed by atoms with Crippen molar-refractivity contribution >= 4 is 0 Å². The van der Waals surface area contributed by atoms with Crippen LogP contribution in [0.4, 0.5) is 0 Å². The molecule has 0 unspecified atom stereocenters.